The summed E-state index contributed by atoms with van der Waals surface area (Å²) < 4.78 is 13.1. The molecule has 0 unspecified atom stereocenters. The van der Waals surface area contributed by atoms with Gasteiger partial charge in [-0.1, -0.05) is 12.1 Å². The van der Waals surface area contributed by atoms with E-state index in [1.54, 1.807) is 12.1 Å². The topological polar surface area (TPSA) is 53.5 Å². The average Bonchev–Trinajstić information content (AvgIpc) is 2.45. The number of carbonyl (C=O) groups is 1. The third kappa shape index (κ3) is 3.09. The minimum absolute atomic E-state index is 0.0206. The van der Waals surface area contributed by atoms with Crippen LogP contribution in [0.5, 0.6) is 0 Å². The molecule has 2 N–H and O–H groups in total. The highest BCUT2D eigenvalue weighted by Gasteiger charge is 2.51. The number of benzene rings is 1. The van der Waals surface area contributed by atoms with Gasteiger partial charge in [0.15, 0.2) is 0 Å². The van der Waals surface area contributed by atoms with Gasteiger partial charge in [-0.15, -0.1) is 0 Å². The minimum Gasteiger partial charge on any atom is -0.331 e. The molecule has 2 amide bonds. The van der Waals surface area contributed by atoms with Crippen molar-refractivity contribution in [3.63, 3.8) is 0 Å². The number of halogens is 1. The van der Waals surface area contributed by atoms with E-state index in [4.69, 9.17) is 0 Å². The normalized spacial score (nSPS) is 34.7. The molecular weight excluding hydrogens is 293 g/mol. The van der Waals surface area contributed by atoms with Gasteiger partial charge in [-0.3, -0.25) is 0 Å². The van der Waals surface area contributed by atoms with Gasteiger partial charge >= 0.3 is 6.03 Å². The number of rotatable bonds is 3. The van der Waals surface area contributed by atoms with Gasteiger partial charge in [0.25, 0.3) is 0 Å². The largest absolute Gasteiger partial charge is 0.335 e. The summed E-state index contributed by atoms with van der Waals surface area (Å²) >= 11 is 0. The van der Waals surface area contributed by atoms with E-state index in [1.807, 2.05) is 0 Å². The van der Waals surface area contributed by atoms with Crippen molar-refractivity contribution in [2.45, 2.75) is 44.1 Å². The zero-order valence-corrected chi connectivity index (χ0v) is 13.1. The number of amides is 2. The molecule has 5 rings (SSSR count). The fraction of sp³-hybridized carbons (Fsp3) is 0.556. The number of hydrogen-bond donors (Lipinski definition) is 2. The zero-order valence-electron chi connectivity index (χ0n) is 13.1. The quantitative estimate of drug-likeness (QED) is 0.651. The highest BCUT2D eigenvalue weighted by atomic mass is 19.1. The second-order valence-corrected chi connectivity index (χ2v) is 7.58. The molecule has 5 heteroatoms. The van der Waals surface area contributed by atoms with Crippen LogP contribution < -0.4 is 10.7 Å². The van der Waals surface area contributed by atoms with Gasteiger partial charge in [0.1, 0.15) is 5.82 Å². The van der Waals surface area contributed by atoms with Crippen LogP contribution >= 0.6 is 0 Å². The summed E-state index contributed by atoms with van der Waals surface area (Å²) in [7, 11) is 0. The first-order chi connectivity index (χ1) is 11.1. The number of hydrogen-bond acceptors (Lipinski definition) is 2. The number of nitrogens with one attached hydrogen (secondary N) is 2. The molecule has 4 fully saturated rings. The van der Waals surface area contributed by atoms with Crippen LogP contribution in [0.4, 0.5) is 9.18 Å². The van der Waals surface area contributed by atoms with E-state index in [2.05, 4.69) is 15.8 Å². The Morgan fingerprint density at radius 2 is 1.83 bits per heavy atom. The molecule has 4 nitrogen and oxygen atoms in total. The van der Waals surface area contributed by atoms with Crippen LogP contribution in [0.1, 0.15) is 44.1 Å². The lowest BCUT2D eigenvalue weighted by atomic mass is 9.53. The Balaban J connectivity index is 1.35. The molecule has 1 aromatic carbocycles. The Labute approximate surface area is 135 Å². The van der Waals surface area contributed by atoms with Gasteiger partial charge in [-0.25, -0.2) is 14.6 Å². The maximum Gasteiger partial charge on any atom is 0.335 e. The van der Waals surface area contributed by atoms with Gasteiger partial charge in [0, 0.05) is 5.54 Å². The molecule has 0 atom stereocenters. The molecule has 122 valence electrons. The molecule has 0 saturated heterocycles. The standard InChI is InChI=1S/C18H22FN3O/c19-16-3-1-2-12(7-16)11-20-22-17(23)21-18-8-13-4-14(9-18)6-15(5-13)10-18/h1-3,7,11,13-15H,4-6,8-10H2,(H2,21,22,23)/b20-11-. The number of hydrazone groups is 1. The Bertz CT molecular complexity index is 608. The maximum absolute atomic E-state index is 13.1. The summed E-state index contributed by atoms with van der Waals surface area (Å²) in [5.74, 6) is 2.05. The van der Waals surface area contributed by atoms with Crippen molar-refractivity contribution in [3.05, 3.63) is 35.6 Å². The molecule has 0 heterocycles. The van der Waals surface area contributed by atoms with E-state index >= 15 is 0 Å². The summed E-state index contributed by atoms with van der Waals surface area (Å²) in [5.41, 5.74) is 3.13. The van der Waals surface area contributed by atoms with Crippen LogP contribution in [0.2, 0.25) is 0 Å². The van der Waals surface area contributed by atoms with Crippen molar-refractivity contribution >= 4 is 12.2 Å². The molecule has 0 radical (unpaired) electrons. The van der Waals surface area contributed by atoms with Gasteiger partial charge in [-0.2, -0.15) is 5.10 Å². The molecule has 0 aromatic heterocycles. The van der Waals surface area contributed by atoms with Gasteiger partial charge in [0.05, 0.1) is 6.21 Å². The lowest BCUT2D eigenvalue weighted by Gasteiger charge is -2.56. The van der Waals surface area contributed by atoms with E-state index in [0.29, 0.717) is 5.56 Å². The first kappa shape index (κ1) is 14.7. The summed E-state index contributed by atoms with van der Waals surface area (Å²) in [6, 6.07) is 5.86. The lowest BCUT2D eigenvalue weighted by molar-refractivity contribution is -0.0135. The van der Waals surface area contributed by atoms with E-state index in [1.165, 1.54) is 37.6 Å². The molecule has 0 spiro atoms. The first-order valence-electron chi connectivity index (χ1n) is 8.47. The summed E-state index contributed by atoms with van der Waals surface area (Å²) in [5, 5.41) is 7.11. The number of nitrogens with zero attached hydrogens (tertiary/aromatic N) is 1. The van der Waals surface area contributed by atoms with Crippen molar-refractivity contribution in [3.8, 4) is 0 Å². The SMILES string of the molecule is O=C(N/N=C\c1cccc(F)c1)NC12CC3CC(CC(C3)C1)C2. The molecule has 1 aromatic rings. The van der Waals surface area contributed by atoms with Crippen LogP contribution in [-0.4, -0.2) is 17.8 Å². The monoisotopic (exact) mass is 315 g/mol. The molecular formula is C18H22FN3O. The van der Waals surface area contributed by atoms with Crippen molar-refractivity contribution < 1.29 is 9.18 Å². The first-order valence-corrected chi connectivity index (χ1v) is 8.47. The fourth-order valence-electron chi connectivity index (χ4n) is 5.28. The Kier molecular flexibility index (Phi) is 3.58. The third-order valence-electron chi connectivity index (χ3n) is 5.65. The smallest absolute Gasteiger partial charge is 0.331 e. The van der Waals surface area contributed by atoms with Crippen LogP contribution in [0.3, 0.4) is 0 Å². The molecule has 4 bridgehead atoms. The molecule has 0 aliphatic heterocycles. The highest BCUT2D eigenvalue weighted by molar-refractivity contribution is 5.82. The van der Waals surface area contributed by atoms with E-state index in [-0.39, 0.29) is 17.4 Å². The predicted molar refractivity (Wildman–Crippen MR) is 86.6 cm³/mol. The van der Waals surface area contributed by atoms with Crippen LogP contribution in [0.25, 0.3) is 0 Å². The second kappa shape index (κ2) is 5.62. The summed E-state index contributed by atoms with van der Waals surface area (Å²) in [6.07, 6.45) is 8.84. The number of urea groups is 1. The Morgan fingerprint density at radius 3 is 2.43 bits per heavy atom. The number of carbonyl (C=O) groups excluding carboxylic acids is 1. The van der Waals surface area contributed by atoms with E-state index in [9.17, 15) is 9.18 Å². The Hall–Kier alpha value is -1.91. The second-order valence-electron chi connectivity index (χ2n) is 7.58. The van der Waals surface area contributed by atoms with Gasteiger partial charge in [-0.05, 0) is 74.0 Å². The highest BCUT2D eigenvalue weighted by Crippen LogP contribution is 2.55. The van der Waals surface area contributed by atoms with Gasteiger partial charge in [0.2, 0.25) is 0 Å². The molecule has 4 aliphatic rings. The van der Waals surface area contributed by atoms with Crippen molar-refractivity contribution in [1.29, 1.82) is 0 Å². The predicted octanol–water partition coefficient (Wildman–Crippen LogP) is 3.43. The van der Waals surface area contributed by atoms with Crippen molar-refractivity contribution in [1.82, 2.24) is 10.7 Å². The zero-order chi connectivity index (χ0) is 15.9. The van der Waals surface area contributed by atoms with Crippen LogP contribution in [-0.2, 0) is 0 Å². The fourth-order valence-corrected chi connectivity index (χ4v) is 5.28. The summed E-state index contributed by atoms with van der Waals surface area (Å²) in [4.78, 5) is 12.2. The van der Waals surface area contributed by atoms with Crippen molar-refractivity contribution in [2.75, 3.05) is 0 Å². The van der Waals surface area contributed by atoms with Gasteiger partial charge < -0.3 is 5.32 Å². The molecule has 4 aliphatic carbocycles. The summed E-state index contributed by atoms with van der Waals surface area (Å²) in [6.45, 7) is 0. The maximum atomic E-state index is 13.1. The third-order valence-corrected chi connectivity index (χ3v) is 5.65. The Morgan fingerprint density at radius 1 is 1.17 bits per heavy atom. The van der Waals surface area contributed by atoms with Crippen molar-refractivity contribution in [2.24, 2.45) is 22.9 Å². The molecule has 23 heavy (non-hydrogen) atoms. The van der Waals surface area contributed by atoms with Crippen LogP contribution in [0, 0.1) is 23.6 Å². The lowest BCUT2D eigenvalue weighted by Crippen LogP contribution is -2.61. The van der Waals surface area contributed by atoms with E-state index in [0.717, 1.165) is 37.0 Å². The van der Waals surface area contributed by atoms with E-state index < -0.39 is 0 Å². The average molecular weight is 315 g/mol. The minimum atomic E-state index is -0.313. The van der Waals surface area contributed by atoms with Crippen LogP contribution in [0.15, 0.2) is 29.4 Å². The molecule has 4 saturated carbocycles.